The van der Waals surface area contributed by atoms with Crippen LogP contribution in [-0.4, -0.2) is 26.9 Å². The van der Waals surface area contributed by atoms with Gasteiger partial charge in [0.25, 0.3) is 0 Å². The highest BCUT2D eigenvalue weighted by Crippen LogP contribution is 2.40. The summed E-state index contributed by atoms with van der Waals surface area (Å²) in [5.74, 6) is -0.311. The average Bonchev–Trinajstić information content (AvgIpc) is 2.92. The van der Waals surface area contributed by atoms with Gasteiger partial charge in [0.05, 0.1) is 24.1 Å². The van der Waals surface area contributed by atoms with Gasteiger partial charge in [-0.15, -0.1) is 5.10 Å². The number of carbonyl (C=O) groups is 2. The maximum atomic E-state index is 12.1. The van der Waals surface area contributed by atoms with E-state index in [1.807, 2.05) is 0 Å². The molecule has 1 saturated carbocycles. The summed E-state index contributed by atoms with van der Waals surface area (Å²) in [6.45, 7) is 0.203. The fraction of sp³-hybridized carbons (Fsp3) is 0.500. The van der Waals surface area contributed by atoms with E-state index in [0.29, 0.717) is 10.8 Å². The molecule has 1 saturated heterocycles. The van der Waals surface area contributed by atoms with Crippen molar-refractivity contribution in [2.75, 3.05) is 0 Å². The van der Waals surface area contributed by atoms with E-state index >= 15 is 0 Å². The summed E-state index contributed by atoms with van der Waals surface area (Å²) in [4.78, 5) is 25.5. The van der Waals surface area contributed by atoms with E-state index in [4.69, 9.17) is 11.6 Å². The molecule has 2 atom stereocenters. The molecule has 0 bridgehead atoms. The van der Waals surface area contributed by atoms with Gasteiger partial charge in [-0.2, -0.15) is 5.10 Å². The lowest BCUT2D eigenvalue weighted by molar-refractivity contribution is -0.141. The fourth-order valence-electron chi connectivity index (χ4n) is 2.81. The summed E-state index contributed by atoms with van der Waals surface area (Å²) in [5.41, 5.74) is 0.584. The Hall–Kier alpha value is -1.49. The number of carbonyl (C=O) groups excluding carboxylic acids is 2. The fourth-order valence-corrected chi connectivity index (χ4v) is 2.91. The first-order valence-electron chi connectivity index (χ1n) is 6.00. The van der Waals surface area contributed by atoms with Crippen LogP contribution in [0.4, 0.5) is 0 Å². The molecule has 2 heterocycles. The number of hydrogen-bond acceptors (Lipinski definition) is 4. The highest BCUT2D eigenvalue weighted by Gasteiger charge is 2.49. The number of nitrogens with zero attached hydrogens (tertiary/aromatic N) is 3. The molecule has 18 heavy (non-hydrogen) atoms. The number of fused-ring (bicyclic) bond motifs is 1. The molecule has 1 aliphatic heterocycles. The minimum atomic E-state index is -0.0993. The third kappa shape index (κ3) is 1.79. The van der Waals surface area contributed by atoms with Crippen molar-refractivity contribution in [3.8, 4) is 0 Å². The van der Waals surface area contributed by atoms with Crippen LogP contribution in [-0.2, 0) is 16.1 Å². The van der Waals surface area contributed by atoms with Crippen LogP contribution in [0.5, 0.6) is 0 Å². The first-order chi connectivity index (χ1) is 8.66. The quantitative estimate of drug-likeness (QED) is 0.759. The van der Waals surface area contributed by atoms with Crippen LogP contribution < -0.4 is 0 Å². The first kappa shape index (κ1) is 11.6. The molecule has 1 aliphatic carbocycles. The zero-order valence-electron chi connectivity index (χ0n) is 9.67. The molecule has 2 aliphatic rings. The minimum Gasteiger partial charge on any atom is -0.276 e. The number of hydrogen-bond donors (Lipinski definition) is 0. The van der Waals surface area contributed by atoms with Crippen LogP contribution in [0.25, 0.3) is 0 Å². The average molecular weight is 266 g/mol. The minimum absolute atomic E-state index is 0.0562. The van der Waals surface area contributed by atoms with Crippen LogP contribution >= 0.6 is 11.6 Å². The number of amides is 2. The van der Waals surface area contributed by atoms with Gasteiger partial charge in [0.15, 0.2) is 5.15 Å². The number of rotatable bonds is 2. The van der Waals surface area contributed by atoms with Gasteiger partial charge >= 0.3 is 0 Å². The molecule has 0 N–H and O–H groups in total. The molecular weight excluding hydrogens is 254 g/mol. The summed E-state index contributed by atoms with van der Waals surface area (Å²) in [6.07, 6.45) is 2.64. The SMILES string of the molecule is O=C1C2CCCC2C(=O)N1Cc1ccc(Cl)nn1. The first-order valence-corrected chi connectivity index (χ1v) is 6.38. The van der Waals surface area contributed by atoms with E-state index in [-0.39, 0.29) is 30.2 Å². The normalized spacial score (nSPS) is 26.8. The summed E-state index contributed by atoms with van der Waals surface area (Å²) in [7, 11) is 0. The monoisotopic (exact) mass is 265 g/mol. The van der Waals surface area contributed by atoms with E-state index in [1.165, 1.54) is 4.90 Å². The zero-order chi connectivity index (χ0) is 12.7. The number of aromatic nitrogens is 2. The van der Waals surface area contributed by atoms with Gasteiger partial charge in [0.2, 0.25) is 11.8 Å². The second kappa shape index (κ2) is 4.31. The van der Waals surface area contributed by atoms with Crippen LogP contribution in [0.2, 0.25) is 5.15 Å². The molecule has 0 spiro atoms. The van der Waals surface area contributed by atoms with E-state index in [2.05, 4.69) is 10.2 Å². The van der Waals surface area contributed by atoms with Crippen molar-refractivity contribution >= 4 is 23.4 Å². The maximum absolute atomic E-state index is 12.1. The Bertz CT molecular complexity index is 481. The lowest BCUT2D eigenvalue weighted by Gasteiger charge is -2.14. The predicted molar refractivity (Wildman–Crippen MR) is 63.4 cm³/mol. The third-order valence-electron chi connectivity index (χ3n) is 3.69. The molecular formula is C12H12ClN3O2. The van der Waals surface area contributed by atoms with Crippen molar-refractivity contribution in [2.45, 2.75) is 25.8 Å². The van der Waals surface area contributed by atoms with Gasteiger partial charge in [0, 0.05) is 0 Å². The van der Waals surface area contributed by atoms with Crippen molar-refractivity contribution in [1.82, 2.24) is 15.1 Å². The molecule has 2 fully saturated rings. The van der Waals surface area contributed by atoms with E-state index in [0.717, 1.165) is 19.3 Å². The molecule has 94 valence electrons. The third-order valence-corrected chi connectivity index (χ3v) is 3.89. The van der Waals surface area contributed by atoms with Crippen LogP contribution in [0.1, 0.15) is 25.0 Å². The van der Waals surface area contributed by atoms with Crippen molar-refractivity contribution in [3.05, 3.63) is 23.0 Å². The van der Waals surface area contributed by atoms with Gasteiger partial charge in [-0.3, -0.25) is 14.5 Å². The molecule has 2 unspecified atom stereocenters. The number of imide groups is 1. The van der Waals surface area contributed by atoms with E-state index in [1.54, 1.807) is 12.1 Å². The Morgan fingerprint density at radius 1 is 1.17 bits per heavy atom. The summed E-state index contributed by atoms with van der Waals surface area (Å²) >= 11 is 5.64. The number of likely N-dealkylation sites (tertiary alicyclic amines) is 1. The van der Waals surface area contributed by atoms with E-state index in [9.17, 15) is 9.59 Å². The second-order valence-corrected chi connectivity index (χ2v) is 5.14. The van der Waals surface area contributed by atoms with Crippen molar-refractivity contribution in [3.63, 3.8) is 0 Å². The molecule has 3 rings (SSSR count). The van der Waals surface area contributed by atoms with Crippen molar-refractivity contribution in [1.29, 1.82) is 0 Å². The smallest absolute Gasteiger partial charge is 0.233 e. The van der Waals surface area contributed by atoms with Gasteiger partial charge in [-0.1, -0.05) is 18.0 Å². The van der Waals surface area contributed by atoms with Gasteiger partial charge < -0.3 is 0 Å². The molecule has 6 heteroatoms. The van der Waals surface area contributed by atoms with Gasteiger partial charge in [-0.25, -0.2) is 0 Å². The lowest BCUT2D eigenvalue weighted by atomic mass is 10.00. The maximum Gasteiger partial charge on any atom is 0.233 e. The molecule has 1 aromatic rings. The Labute approximate surface area is 109 Å². The molecule has 0 aromatic carbocycles. The zero-order valence-corrected chi connectivity index (χ0v) is 10.4. The second-order valence-electron chi connectivity index (χ2n) is 4.75. The highest BCUT2D eigenvalue weighted by atomic mass is 35.5. The summed E-state index contributed by atoms with van der Waals surface area (Å²) < 4.78 is 0. The Morgan fingerprint density at radius 2 is 1.83 bits per heavy atom. The Morgan fingerprint density at radius 3 is 2.39 bits per heavy atom. The highest BCUT2D eigenvalue weighted by molar-refractivity contribution is 6.29. The van der Waals surface area contributed by atoms with Crippen LogP contribution in [0.15, 0.2) is 12.1 Å². The standard InChI is InChI=1S/C12H12ClN3O2/c13-10-5-4-7(14-15-10)6-16-11(17)8-2-1-3-9(8)12(16)18/h4-5,8-9H,1-3,6H2. The molecule has 2 amide bonds. The van der Waals surface area contributed by atoms with Gasteiger partial charge in [0.1, 0.15) is 0 Å². The van der Waals surface area contributed by atoms with E-state index < -0.39 is 0 Å². The molecule has 5 nitrogen and oxygen atoms in total. The molecule has 1 aromatic heterocycles. The topological polar surface area (TPSA) is 63.2 Å². The van der Waals surface area contributed by atoms with Crippen molar-refractivity contribution in [2.24, 2.45) is 11.8 Å². The van der Waals surface area contributed by atoms with Crippen LogP contribution in [0, 0.1) is 11.8 Å². The van der Waals surface area contributed by atoms with Crippen LogP contribution in [0.3, 0.4) is 0 Å². The predicted octanol–water partition coefficient (Wildman–Crippen LogP) is 1.42. The van der Waals surface area contributed by atoms with Gasteiger partial charge in [-0.05, 0) is 25.0 Å². The summed E-state index contributed by atoms with van der Waals surface area (Å²) in [6, 6.07) is 3.29. The Kier molecular flexibility index (Phi) is 2.78. The summed E-state index contributed by atoms with van der Waals surface area (Å²) in [5, 5.41) is 7.89. The lowest BCUT2D eigenvalue weighted by Crippen LogP contribution is -2.31. The molecule has 0 radical (unpaired) electrons. The number of halogens is 1. The largest absolute Gasteiger partial charge is 0.276 e. The Balaban J connectivity index is 1.79. The van der Waals surface area contributed by atoms with Crippen molar-refractivity contribution < 1.29 is 9.59 Å².